The van der Waals surface area contributed by atoms with Gasteiger partial charge in [0.05, 0.1) is 6.54 Å². The normalized spacial score (nSPS) is 10.5. The van der Waals surface area contributed by atoms with E-state index in [0.29, 0.717) is 6.54 Å². The molecule has 0 saturated carbocycles. The van der Waals surface area contributed by atoms with Gasteiger partial charge in [0, 0.05) is 34.0 Å². The van der Waals surface area contributed by atoms with Crippen LogP contribution < -0.4 is 0 Å². The third-order valence-electron chi connectivity index (χ3n) is 5.19. The van der Waals surface area contributed by atoms with E-state index in [1.807, 2.05) is 0 Å². The molecule has 3 heteroatoms. The lowest BCUT2D eigenvalue weighted by atomic mass is 10.1. The van der Waals surface area contributed by atoms with Gasteiger partial charge in [0.15, 0.2) is 0 Å². The first kappa shape index (κ1) is 21.8. The van der Waals surface area contributed by atoms with E-state index in [-0.39, 0.29) is 0 Å². The minimum Gasteiger partial charge on any atom is -0.329 e. The van der Waals surface area contributed by atoms with E-state index in [1.165, 1.54) is 72.5 Å². The van der Waals surface area contributed by atoms with E-state index in [1.54, 1.807) is 10.8 Å². The van der Waals surface area contributed by atoms with Crippen molar-refractivity contribution in [2.45, 2.75) is 57.9 Å². The van der Waals surface area contributed by atoms with Crippen LogP contribution in [0.2, 0.25) is 0 Å². The Kier molecular flexibility index (Phi) is 9.44. The van der Waals surface area contributed by atoms with Crippen molar-refractivity contribution < 1.29 is 0 Å². The summed E-state index contributed by atoms with van der Waals surface area (Å²) in [5, 5.41) is 2.58. The van der Waals surface area contributed by atoms with E-state index in [2.05, 4.69) is 88.4 Å². The van der Waals surface area contributed by atoms with Crippen LogP contribution in [0.5, 0.6) is 0 Å². The molecule has 29 heavy (non-hydrogen) atoms. The number of nitrogens with zero attached hydrogens (tertiary/aromatic N) is 1. The molecule has 0 bridgehead atoms. The number of aromatic nitrogens is 1. The average molecular weight is 420 g/mol. The Morgan fingerprint density at radius 3 is 1.90 bits per heavy atom. The van der Waals surface area contributed by atoms with E-state index < -0.39 is 0 Å². The SMILES string of the molecule is SSCCCCCCCCCC#CC#CCn1c2ccccc2c2ccccc21. The number of benzene rings is 2. The first-order valence-electron chi connectivity index (χ1n) is 10.6. The van der Waals surface area contributed by atoms with Crippen LogP contribution >= 0.6 is 22.5 Å². The number of para-hydroxylation sites is 2. The molecule has 2 aromatic carbocycles. The maximum absolute atomic E-state index is 4.17. The molecule has 0 spiro atoms. The third-order valence-corrected chi connectivity index (χ3v) is 6.21. The summed E-state index contributed by atoms with van der Waals surface area (Å²) < 4.78 is 2.29. The molecule has 1 heterocycles. The standard InChI is InChI=1S/C26H29NS2/c28-29-22-16-10-8-6-4-2-1-3-5-7-9-15-21-27-25-19-13-11-17-23(25)24-18-12-14-20-26(24)27/h11-14,17-20,28H,1-4,6,8,10,16,21-22H2. The highest BCUT2D eigenvalue weighted by Gasteiger charge is 2.07. The van der Waals surface area contributed by atoms with Crippen LogP contribution in [-0.4, -0.2) is 10.3 Å². The van der Waals surface area contributed by atoms with Gasteiger partial charge in [-0.3, -0.25) is 0 Å². The van der Waals surface area contributed by atoms with Crippen molar-refractivity contribution in [3.05, 3.63) is 48.5 Å². The summed E-state index contributed by atoms with van der Waals surface area (Å²) in [6, 6.07) is 17.1. The van der Waals surface area contributed by atoms with Crippen LogP contribution in [-0.2, 0) is 6.54 Å². The van der Waals surface area contributed by atoms with Crippen molar-refractivity contribution >= 4 is 44.3 Å². The molecule has 1 aromatic heterocycles. The molecule has 3 rings (SSSR count). The predicted molar refractivity (Wildman–Crippen MR) is 133 cm³/mol. The topological polar surface area (TPSA) is 4.93 Å². The monoisotopic (exact) mass is 419 g/mol. The van der Waals surface area contributed by atoms with Crippen molar-refractivity contribution in [1.29, 1.82) is 0 Å². The Balaban J connectivity index is 1.42. The highest BCUT2D eigenvalue weighted by molar-refractivity contribution is 8.68. The van der Waals surface area contributed by atoms with Crippen molar-refractivity contribution in [3.63, 3.8) is 0 Å². The molecule has 1 nitrogen and oxygen atoms in total. The molecule has 0 radical (unpaired) electrons. The Morgan fingerprint density at radius 1 is 0.690 bits per heavy atom. The van der Waals surface area contributed by atoms with Gasteiger partial charge < -0.3 is 4.57 Å². The minimum atomic E-state index is 0.675. The minimum absolute atomic E-state index is 0.675. The molecule has 0 fully saturated rings. The first-order valence-corrected chi connectivity index (χ1v) is 12.6. The molecule has 0 N–H and O–H groups in total. The zero-order valence-electron chi connectivity index (χ0n) is 17.0. The number of fused-ring (bicyclic) bond motifs is 3. The summed E-state index contributed by atoms with van der Waals surface area (Å²) in [5.74, 6) is 13.7. The van der Waals surface area contributed by atoms with Gasteiger partial charge in [-0.05, 0) is 36.8 Å². The Labute approximate surface area is 184 Å². The van der Waals surface area contributed by atoms with E-state index in [0.717, 1.165) is 6.42 Å². The molecular weight excluding hydrogens is 390 g/mol. The van der Waals surface area contributed by atoms with E-state index >= 15 is 0 Å². The largest absolute Gasteiger partial charge is 0.329 e. The molecule has 0 atom stereocenters. The maximum Gasteiger partial charge on any atom is 0.0853 e. The number of rotatable bonds is 10. The molecule has 3 aromatic rings. The molecule has 0 aliphatic carbocycles. The van der Waals surface area contributed by atoms with Crippen molar-refractivity contribution in [3.8, 4) is 23.7 Å². The van der Waals surface area contributed by atoms with Crippen molar-refractivity contribution in [2.75, 3.05) is 5.75 Å². The average Bonchev–Trinajstić information content (AvgIpc) is 3.08. The second-order valence-electron chi connectivity index (χ2n) is 7.28. The Bertz CT molecular complexity index is 973. The molecule has 0 amide bonds. The van der Waals surface area contributed by atoms with Crippen LogP contribution in [0.1, 0.15) is 51.4 Å². The highest BCUT2D eigenvalue weighted by Crippen LogP contribution is 2.28. The predicted octanol–water partition coefficient (Wildman–Crippen LogP) is 7.50. The summed E-state index contributed by atoms with van der Waals surface area (Å²) in [6.45, 7) is 0.675. The first-order chi connectivity index (χ1) is 14.4. The smallest absolute Gasteiger partial charge is 0.0853 e. The van der Waals surface area contributed by atoms with Gasteiger partial charge in [-0.1, -0.05) is 91.1 Å². The molecular formula is C26H29NS2. The second kappa shape index (κ2) is 12.6. The Morgan fingerprint density at radius 2 is 1.24 bits per heavy atom. The summed E-state index contributed by atoms with van der Waals surface area (Å²) in [4.78, 5) is 0. The zero-order chi connectivity index (χ0) is 20.2. The summed E-state index contributed by atoms with van der Waals surface area (Å²) in [5.41, 5.74) is 2.47. The van der Waals surface area contributed by atoms with Crippen LogP contribution in [0.4, 0.5) is 0 Å². The van der Waals surface area contributed by atoms with Crippen LogP contribution in [0, 0.1) is 23.7 Å². The van der Waals surface area contributed by atoms with Gasteiger partial charge in [-0.15, -0.1) is 11.7 Å². The van der Waals surface area contributed by atoms with Gasteiger partial charge in [-0.25, -0.2) is 0 Å². The van der Waals surface area contributed by atoms with Crippen LogP contribution in [0.3, 0.4) is 0 Å². The lowest BCUT2D eigenvalue weighted by Gasteiger charge is -2.01. The van der Waals surface area contributed by atoms with Gasteiger partial charge in [0.25, 0.3) is 0 Å². The molecule has 0 unspecified atom stereocenters. The fourth-order valence-electron chi connectivity index (χ4n) is 3.71. The number of thiol groups is 1. The van der Waals surface area contributed by atoms with Crippen molar-refractivity contribution in [2.24, 2.45) is 0 Å². The fraction of sp³-hybridized carbons (Fsp3) is 0.385. The fourth-order valence-corrected chi connectivity index (χ4v) is 4.43. The van der Waals surface area contributed by atoms with Gasteiger partial charge >= 0.3 is 0 Å². The second-order valence-corrected chi connectivity index (χ2v) is 8.72. The van der Waals surface area contributed by atoms with E-state index in [4.69, 9.17) is 0 Å². The zero-order valence-corrected chi connectivity index (χ0v) is 18.7. The van der Waals surface area contributed by atoms with Crippen LogP contribution in [0.15, 0.2) is 48.5 Å². The maximum atomic E-state index is 4.17. The van der Waals surface area contributed by atoms with Gasteiger partial charge in [0.2, 0.25) is 0 Å². The lowest BCUT2D eigenvalue weighted by Crippen LogP contribution is -1.94. The highest BCUT2D eigenvalue weighted by atomic mass is 33.1. The van der Waals surface area contributed by atoms with Crippen LogP contribution in [0.25, 0.3) is 21.8 Å². The Hall–Kier alpha value is -1.94. The van der Waals surface area contributed by atoms with Gasteiger partial charge in [0.1, 0.15) is 0 Å². The molecule has 150 valence electrons. The summed E-state index contributed by atoms with van der Waals surface area (Å²) in [6.07, 6.45) is 10.1. The van der Waals surface area contributed by atoms with E-state index in [9.17, 15) is 0 Å². The molecule has 0 saturated heterocycles. The number of hydrogen-bond donors (Lipinski definition) is 1. The quantitative estimate of drug-likeness (QED) is 0.154. The molecule has 0 aliphatic rings. The van der Waals surface area contributed by atoms with Crippen molar-refractivity contribution in [1.82, 2.24) is 4.57 Å². The lowest BCUT2D eigenvalue weighted by molar-refractivity contribution is 0.595. The molecule has 0 aliphatic heterocycles. The summed E-state index contributed by atoms with van der Waals surface area (Å²) in [7, 11) is 1.65. The van der Waals surface area contributed by atoms with Gasteiger partial charge in [-0.2, -0.15) is 0 Å². The third kappa shape index (κ3) is 6.53. The number of hydrogen-bond acceptors (Lipinski definition) is 2. The number of unbranched alkanes of at least 4 members (excludes halogenated alkanes) is 7. The summed E-state index contributed by atoms with van der Waals surface area (Å²) >= 11 is 4.17.